The van der Waals surface area contributed by atoms with E-state index in [4.69, 9.17) is 5.11 Å². The van der Waals surface area contributed by atoms with Crippen LogP contribution in [0.2, 0.25) is 0 Å². The number of carbonyl (C=O) groups is 1. The van der Waals surface area contributed by atoms with E-state index in [0.29, 0.717) is 12.2 Å². The summed E-state index contributed by atoms with van der Waals surface area (Å²) in [6.07, 6.45) is 3.57. The molecule has 1 aromatic heterocycles. The van der Waals surface area contributed by atoms with Crippen molar-refractivity contribution >= 4 is 11.8 Å². The monoisotopic (exact) mass is 257 g/mol. The van der Waals surface area contributed by atoms with E-state index in [9.17, 15) is 4.79 Å². The Bertz CT molecular complexity index is 558. The molecule has 5 heteroatoms. The average molecular weight is 257 g/mol. The maximum atomic E-state index is 11.1. The SMILES string of the molecule is CCC(Nc1ncncc1-c1ccccc1)C(=O)O. The van der Waals surface area contributed by atoms with Crippen LogP contribution in [0.15, 0.2) is 42.9 Å². The van der Waals surface area contributed by atoms with Gasteiger partial charge in [-0.05, 0) is 12.0 Å². The van der Waals surface area contributed by atoms with Gasteiger partial charge in [-0.3, -0.25) is 0 Å². The van der Waals surface area contributed by atoms with Crippen molar-refractivity contribution in [1.29, 1.82) is 0 Å². The van der Waals surface area contributed by atoms with E-state index in [2.05, 4.69) is 15.3 Å². The van der Waals surface area contributed by atoms with E-state index >= 15 is 0 Å². The van der Waals surface area contributed by atoms with Gasteiger partial charge in [0, 0.05) is 11.8 Å². The Morgan fingerprint density at radius 2 is 2.11 bits per heavy atom. The number of hydrogen-bond donors (Lipinski definition) is 2. The molecule has 0 aliphatic rings. The number of anilines is 1. The smallest absolute Gasteiger partial charge is 0.326 e. The number of hydrogen-bond acceptors (Lipinski definition) is 4. The fraction of sp³-hybridized carbons (Fsp3) is 0.214. The average Bonchev–Trinajstić information content (AvgIpc) is 2.45. The number of aromatic nitrogens is 2. The third-order valence-corrected chi connectivity index (χ3v) is 2.81. The van der Waals surface area contributed by atoms with Crippen LogP contribution in [0.1, 0.15) is 13.3 Å². The van der Waals surface area contributed by atoms with Gasteiger partial charge >= 0.3 is 5.97 Å². The molecule has 2 N–H and O–H groups in total. The molecule has 98 valence electrons. The molecule has 0 saturated carbocycles. The lowest BCUT2D eigenvalue weighted by Gasteiger charge is -2.15. The lowest BCUT2D eigenvalue weighted by Crippen LogP contribution is -2.29. The van der Waals surface area contributed by atoms with Gasteiger partial charge in [0.05, 0.1) is 0 Å². The molecule has 1 heterocycles. The molecule has 1 unspecified atom stereocenters. The highest BCUT2D eigenvalue weighted by Crippen LogP contribution is 2.25. The lowest BCUT2D eigenvalue weighted by molar-refractivity contribution is -0.137. The number of nitrogens with zero attached hydrogens (tertiary/aromatic N) is 2. The van der Waals surface area contributed by atoms with Crippen LogP contribution >= 0.6 is 0 Å². The maximum absolute atomic E-state index is 11.1. The van der Waals surface area contributed by atoms with Gasteiger partial charge in [0.25, 0.3) is 0 Å². The van der Waals surface area contributed by atoms with Gasteiger partial charge in [-0.25, -0.2) is 14.8 Å². The van der Waals surface area contributed by atoms with Crippen molar-refractivity contribution in [3.8, 4) is 11.1 Å². The second kappa shape index (κ2) is 5.95. The van der Waals surface area contributed by atoms with Crippen LogP contribution < -0.4 is 5.32 Å². The molecular formula is C14H15N3O2. The van der Waals surface area contributed by atoms with Gasteiger partial charge in [0.2, 0.25) is 0 Å². The highest BCUT2D eigenvalue weighted by atomic mass is 16.4. The molecule has 0 spiro atoms. The molecule has 0 saturated heterocycles. The van der Waals surface area contributed by atoms with Crippen molar-refractivity contribution < 1.29 is 9.90 Å². The summed E-state index contributed by atoms with van der Waals surface area (Å²) < 4.78 is 0. The van der Waals surface area contributed by atoms with Gasteiger partial charge in [-0.2, -0.15) is 0 Å². The van der Waals surface area contributed by atoms with Crippen LogP contribution in [0.4, 0.5) is 5.82 Å². The zero-order valence-corrected chi connectivity index (χ0v) is 10.6. The minimum Gasteiger partial charge on any atom is -0.480 e. The number of rotatable bonds is 5. The zero-order valence-electron chi connectivity index (χ0n) is 10.6. The van der Waals surface area contributed by atoms with Crippen molar-refractivity contribution in [3.05, 3.63) is 42.9 Å². The van der Waals surface area contributed by atoms with Crippen LogP contribution in [-0.4, -0.2) is 27.1 Å². The number of benzene rings is 1. The van der Waals surface area contributed by atoms with Crippen LogP contribution in [-0.2, 0) is 4.79 Å². The number of carboxylic acids is 1. The van der Waals surface area contributed by atoms with E-state index in [-0.39, 0.29) is 0 Å². The Morgan fingerprint density at radius 3 is 2.74 bits per heavy atom. The highest BCUT2D eigenvalue weighted by molar-refractivity contribution is 5.81. The predicted octanol–water partition coefficient (Wildman–Crippen LogP) is 2.42. The molecule has 19 heavy (non-hydrogen) atoms. The maximum Gasteiger partial charge on any atom is 0.326 e. The summed E-state index contributed by atoms with van der Waals surface area (Å²) in [7, 11) is 0. The first-order chi connectivity index (χ1) is 9.22. The molecule has 0 aliphatic carbocycles. The Labute approximate surface area is 111 Å². The molecule has 0 bridgehead atoms. The Kier molecular flexibility index (Phi) is 4.07. The first kappa shape index (κ1) is 13.0. The summed E-state index contributed by atoms with van der Waals surface area (Å²) in [5, 5.41) is 12.0. The van der Waals surface area contributed by atoms with Crippen molar-refractivity contribution in [1.82, 2.24) is 9.97 Å². The molecular weight excluding hydrogens is 242 g/mol. The van der Waals surface area contributed by atoms with Gasteiger partial charge in [0.1, 0.15) is 18.2 Å². The second-order valence-corrected chi connectivity index (χ2v) is 4.09. The van der Waals surface area contributed by atoms with E-state index in [1.54, 1.807) is 6.20 Å². The Hall–Kier alpha value is -2.43. The van der Waals surface area contributed by atoms with Gasteiger partial charge < -0.3 is 10.4 Å². The molecule has 0 radical (unpaired) electrons. The van der Waals surface area contributed by atoms with Crippen molar-refractivity contribution in [2.45, 2.75) is 19.4 Å². The van der Waals surface area contributed by atoms with E-state index in [1.807, 2.05) is 37.3 Å². The fourth-order valence-corrected chi connectivity index (χ4v) is 1.78. The summed E-state index contributed by atoms with van der Waals surface area (Å²) in [6.45, 7) is 1.81. The fourth-order valence-electron chi connectivity index (χ4n) is 1.78. The quantitative estimate of drug-likeness (QED) is 0.860. The van der Waals surface area contributed by atoms with E-state index < -0.39 is 12.0 Å². The molecule has 5 nitrogen and oxygen atoms in total. The van der Waals surface area contributed by atoms with Crippen LogP contribution in [0.5, 0.6) is 0 Å². The third-order valence-electron chi connectivity index (χ3n) is 2.81. The predicted molar refractivity (Wildman–Crippen MR) is 72.8 cm³/mol. The first-order valence-corrected chi connectivity index (χ1v) is 6.07. The third kappa shape index (κ3) is 3.07. The first-order valence-electron chi connectivity index (χ1n) is 6.07. The number of nitrogens with one attached hydrogen (secondary N) is 1. The van der Waals surface area contributed by atoms with Crippen LogP contribution in [0, 0.1) is 0 Å². The summed E-state index contributed by atoms with van der Waals surface area (Å²) in [6, 6.07) is 8.97. The van der Waals surface area contributed by atoms with E-state index in [1.165, 1.54) is 6.33 Å². The van der Waals surface area contributed by atoms with Gasteiger partial charge in [-0.1, -0.05) is 37.3 Å². The number of aliphatic carboxylic acids is 1. The second-order valence-electron chi connectivity index (χ2n) is 4.09. The molecule has 0 fully saturated rings. The Balaban J connectivity index is 2.34. The summed E-state index contributed by atoms with van der Waals surface area (Å²) in [5.41, 5.74) is 1.74. The Morgan fingerprint density at radius 1 is 1.37 bits per heavy atom. The standard InChI is InChI=1S/C14H15N3O2/c1-2-12(14(18)19)17-13-11(8-15-9-16-13)10-6-4-3-5-7-10/h3-9,12H,2H2,1H3,(H,18,19)(H,15,16,17). The molecule has 1 aromatic carbocycles. The van der Waals surface area contributed by atoms with Crippen molar-refractivity contribution in [3.63, 3.8) is 0 Å². The zero-order chi connectivity index (χ0) is 13.7. The van der Waals surface area contributed by atoms with Crippen LogP contribution in [0.3, 0.4) is 0 Å². The van der Waals surface area contributed by atoms with Crippen molar-refractivity contribution in [2.75, 3.05) is 5.32 Å². The summed E-state index contributed by atoms with van der Waals surface area (Å²) in [5.74, 6) is -0.351. The minimum absolute atomic E-state index is 0.480. The molecule has 2 aromatic rings. The normalized spacial score (nSPS) is 11.8. The summed E-state index contributed by atoms with van der Waals surface area (Å²) >= 11 is 0. The largest absolute Gasteiger partial charge is 0.480 e. The number of carboxylic acid groups (broad SMARTS) is 1. The van der Waals surface area contributed by atoms with Crippen molar-refractivity contribution in [2.24, 2.45) is 0 Å². The molecule has 1 atom stereocenters. The topological polar surface area (TPSA) is 75.1 Å². The molecule has 0 amide bonds. The van der Waals surface area contributed by atoms with Gasteiger partial charge in [0.15, 0.2) is 0 Å². The molecule has 0 aliphatic heterocycles. The minimum atomic E-state index is -0.889. The van der Waals surface area contributed by atoms with Crippen LogP contribution in [0.25, 0.3) is 11.1 Å². The van der Waals surface area contributed by atoms with Gasteiger partial charge in [-0.15, -0.1) is 0 Å². The highest BCUT2D eigenvalue weighted by Gasteiger charge is 2.17. The summed E-state index contributed by atoms with van der Waals surface area (Å²) in [4.78, 5) is 19.2. The lowest BCUT2D eigenvalue weighted by atomic mass is 10.1. The molecule has 2 rings (SSSR count). The van der Waals surface area contributed by atoms with E-state index in [0.717, 1.165) is 11.1 Å².